The monoisotopic (exact) mass is 363 g/mol. The average Bonchev–Trinajstić information content (AvgIpc) is 3.09. The fourth-order valence-electron chi connectivity index (χ4n) is 1.92. The summed E-state index contributed by atoms with van der Waals surface area (Å²) in [7, 11) is 0. The third kappa shape index (κ3) is 5.18. The zero-order valence-corrected chi connectivity index (χ0v) is 15.0. The minimum Gasteiger partial charge on any atom is -0.326 e. The van der Waals surface area contributed by atoms with Crippen molar-refractivity contribution in [1.82, 2.24) is 5.43 Å². The van der Waals surface area contributed by atoms with Gasteiger partial charge in [-0.2, -0.15) is 5.10 Å². The topological polar surface area (TPSA) is 70.6 Å². The van der Waals surface area contributed by atoms with Crippen molar-refractivity contribution in [1.29, 1.82) is 0 Å². The Morgan fingerprint density at radius 3 is 2.62 bits per heavy atom. The van der Waals surface area contributed by atoms with E-state index in [0.29, 0.717) is 10.7 Å². The van der Waals surface area contributed by atoms with Gasteiger partial charge in [0.05, 0.1) is 5.71 Å². The third-order valence-electron chi connectivity index (χ3n) is 3.35. The lowest BCUT2D eigenvalue weighted by atomic mass is 10.2. The van der Waals surface area contributed by atoms with Gasteiger partial charge >= 0.3 is 0 Å². The van der Waals surface area contributed by atoms with Gasteiger partial charge in [0.25, 0.3) is 0 Å². The minimum atomic E-state index is -0.302. The first kappa shape index (κ1) is 18.2. The van der Waals surface area contributed by atoms with Crippen LogP contribution in [0.25, 0.3) is 0 Å². The van der Waals surface area contributed by atoms with Gasteiger partial charge in [0.2, 0.25) is 11.8 Å². The van der Waals surface area contributed by atoms with Gasteiger partial charge < -0.3 is 5.32 Å². The molecule has 0 aliphatic rings. The van der Waals surface area contributed by atoms with Crippen LogP contribution in [0, 0.1) is 6.92 Å². The van der Waals surface area contributed by atoms with Gasteiger partial charge in [-0.1, -0.05) is 23.7 Å². The Morgan fingerprint density at radius 1 is 1.17 bits per heavy atom. The van der Waals surface area contributed by atoms with E-state index in [9.17, 15) is 9.59 Å². The van der Waals surface area contributed by atoms with Crippen molar-refractivity contribution in [3.05, 3.63) is 51.2 Å². The van der Waals surface area contributed by atoms with Crippen molar-refractivity contribution in [3.63, 3.8) is 0 Å². The second kappa shape index (κ2) is 8.61. The summed E-state index contributed by atoms with van der Waals surface area (Å²) >= 11 is 7.56. The van der Waals surface area contributed by atoms with Crippen LogP contribution in [0.1, 0.15) is 30.2 Å². The molecule has 2 aromatic rings. The first-order chi connectivity index (χ1) is 11.5. The summed E-state index contributed by atoms with van der Waals surface area (Å²) in [6.07, 6.45) is 0.137. The van der Waals surface area contributed by atoms with Crippen molar-refractivity contribution in [3.8, 4) is 0 Å². The summed E-state index contributed by atoms with van der Waals surface area (Å²) in [6, 6.07) is 9.14. The highest BCUT2D eigenvalue weighted by Crippen LogP contribution is 2.23. The van der Waals surface area contributed by atoms with Crippen LogP contribution >= 0.6 is 22.9 Å². The Hall–Kier alpha value is -2.18. The first-order valence-electron chi connectivity index (χ1n) is 7.39. The zero-order chi connectivity index (χ0) is 17.5. The summed E-state index contributed by atoms with van der Waals surface area (Å²) in [5.41, 5.74) is 4.65. The molecule has 0 radical (unpaired) electrons. The number of thiophene rings is 1. The Morgan fingerprint density at radius 2 is 1.92 bits per heavy atom. The highest BCUT2D eigenvalue weighted by atomic mass is 35.5. The van der Waals surface area contributed by atoms with E-state index in [1.807, 2.05) is 31.4 Å². The third-order valence-corrected chi connectivity index (χ3v) is 4.74. The lowest BCUT2D eigenvalue weighted by Gasteiger charge is -2.09. The van der Waals surface area contributed by atoms with E-state index < -0.39 is 0 Å². The Kier molecular flexibility index (Phi) is 6.52. The maximum Gasteiger partial charge on any atom is 0.240 e. The Balaban J connectivity index is 1.80. The molecule has 5 nitrogen and oxygen atoms in total. The molecule has 7 heteroatoms. The lowest BCUT2D eigenvalue weighted by molar-refractivity contribution is -0.124. The molecule has 1 heterocycles. The van der Waals surface area contributed by atoms with Crippen LogP contribution in [0.4, 0.5) is 5.69 Å². The molecular formula is C17H18ClN3O2S. The average molecular weight is 364 g/mol. The molecule has 0 unspecified atom stereocenters. The number of benzene rings is 1. The molecule has 1 aromatic carbocycles. The normalized spacial score (nSPS) is 11.2. The fourth-order valence-corrected chi connectivity index (χ4v) is 2.78. The van der Waals surface area contributed by atoms with E-state index in [-0.39, 0.29) is 24.7 Å². The number of halogens is 1. The van der Waals surface area contributed by atoms with Crippen LogP contribution in [0.2, 0.25) is 5.02 Å². The predicted molar refractivity (Wildman–Crippen MR) is 98.7 cm³/mol. The van der Waals surface area contributed by atoms with Gasteiger partial charge in [0.1, 0.15) is 0 Å². The molecule has 2 N–H and O–H groups in total. The number of nitrogens with zero attached hydrogens (tertiary/aromatic N) is 1. The SMILES string of the molecule is CC(=NNC(=O)CCC(=O)Nc1cccc(Cl)c1C)c1cccs1. The number of hydrazone groups is 1. The molecule has 0 spiro atoms. The largest absolute Gasteiger partial charge is 0.326 e. The Labute approximate surface area is 149 Å². The highest BCUT2D eigenvalue weighted by Gasteiger charge is 2.09. The first-order valence-corrected chi connectivity index (χ1v) is 8.65. The summed E-state index contributed by atoms with van der Waals surface area (Å²) in [4.78, 5) is 24.7. The molecule has 2 amide bonds. The molecule has 0 atom stereocenters. The van der Waals surface area contributed by atoms with Crippen LogP contribution < -0.4 is 10.7 Å². The van der Waals surface area contributed by atoms with Crippen molar-refractivity contribution in [2.75, 3.05) is 5.32 Å². The molecule has 0 aliphatic carbocycles. The maximum atomic E-state index is 11.9. The van der Waals surface area contributed by atoms with Crippen molar-refractivity contribution in [2.24, 2.45) is 5.10 Å². The van der Waals surface area contributed by atoms with Crippen LogP contribution in [-0.2, 0) is 9.59 Å². The van der Waals surface area contributed by atoms with Crippen LogP contribution in [0.15, 0.2) is 40.8 Å². The second-order valence-corrected chi connectivity index (χ2v) is 6.52. The van der Waals surface area contributed by atoms with E-state index >= 15 is 0 Å². The smallest absolute Gasteiger partial charge is 0.240 e. The quantitative estimate of drug-likeness (QED) is 0.602. The summed E-state index contributed by atoms with van der Waals surface area (Å²) in [6.45, 7) is 3.65. The molecule has 1 aromatic heterocycles. The molecule has 0 bridgehead atoms. The molecule has 126 valence electrons. The molecule has 0 fully saturated rings. The van der Waals surface area contributed by atoms with Crippen LogP contribution in [-0.4, -0.2) is 17.5 Å². The van der Waals surface area contributed by atoms with E-state index in [1.165, 1.54) is 0 Å². The van der Waals surface area contributed by atoms with Gasteiger partial charge in [-0.3, -0.25) is 9.59 Å². The Bertz CT molecular complexity index is 757. The van der Waals surface area contributed by atoms with Crippen LogP contribution in [0.5, 0.6) is 0 Å². The molecule has 0 saturated carbocycles. The van der Waals surface area contributed by atoms with Crippen molar-refractivity contribution >= 4 is 46.2 Å². The number of amides is 2. The zero-order valence-electron chi connectivity index (χ0n) is 13.4. The van der Waals surface area contributed by atoms with Crippen molar-refractivity contribution < 1.29 is 9.59 Å². The van der Waals surface area contributed by atoms with Gasteiger partial charge in [-0.25, -0.2) is 5.43 Å². The molecule has 0 saturated heterocycles. The van der Waals surface area contributed by atoms with Gasteiger partial charge in [0, 0.05) is 28.4 Å². The summed E-state index contributed by atoms with van der Waals surface area (Å²) in [5.74, 6) is -0.543. The molecule has 24 heavy (non-hydrogen) atoms. The molecule has 0 aliphatic heterocycles. The fraction of sp³-hybridized carbons (Fsp3) is 0.235. The molecule has 2 rings (SSSR count). The van der Waals surface area contributed by atoms with Gasteiger partial charge in [-0.15, -0.1) is 11.3 Å². The maximum absolute atomic E-state index is 11.9. The number of carbonyl (C=O) groups excluding carboxylic acids is 2. The summed E-state index contributed by atoms with van der Waals surface area (Å²) in [5, 5.41) is 9.32. The van der Waals surface area contributed by atoms with E-state index in [0.717, 1.165) is 16.2 Å². The minimum absolute atomic E-state index is 0.0622. The number of rotatable bonds is 6. The highest BCUT2D eigenvalue weighted by molar-refractivity contribution is 7.12. The predicted octanol–water partition coefficient (Wildman–Crippen LogP) is 3.97. The van der Waals surface area contributed by atoms with E-state index in [1.54, 1.807) is 29.5 Å². The van der Waals surface area contributed by atoms with E-state index in [2.05, 4.69) is 15.8 Å². The standard InChI is InChI=1S/C17H18ClN3O2S/c1-11-13(18)5-3-6-14(11)19-16(22)8-9-17(23)21-20-12(2)15-7-4-10-24-15/h3-7,10H,8-9H2,1-2H3,(H,19,22)(H,21,23). The number of nitrogens with one attached hydrogen (secondary N) is 2. The number of anilines is 1. The van der Waals surface area contributed by atoms with Gasteiger partial charge in [0.15, 0.2) is 0 Å². The second-order valence-electron chi connectivity index (χ2n) is 5.17. The van der Waals surface area contributed by atoms with Crippen molar-refractivity contribution in [2.45, 2.75) is 26.7 Å². The van der Waals surface area contributed by atoms with E-state index in [4.69, 9.17) is 11.6 Å². The lowest BCUT2D eigenvalue weighted by Crippen LogP contribution is -2.21. The summed E-state index contributed by atoms with van der Waals surface area (Å²) < 4.78 is 0. The van der Waals surface area contributed by atoms with Crippen LogP contribution in [0.3, 0.4) is 0 Å². The number of hydrogen-bond donors (Lipinski definition) is 2. The number of carbonyl (C=O) groups is 2. The number of hydrogen-bond acceptors (Lipinski definition) is 4. The molecular weight excluding hydrogens is 346 g/mol. The van der Waals surface area contributed by atoms with Gasteiger partial charge in [-0.05, 0) is 43.0 Å².